The number of methoxy groups -OCH3 is 1. The summed E-state index contributed by atoms with van der Waals surface area (Å²) in [7, 11) is 1.63. The molecule has 1 aliphatic rings. The van der Waals surface area contributed by atoms with Crippen molar-refractivity contribution in [3.63, 3.8) is 0 Å². The number of anilines is 1. The van der Waals surface area contributed by atoms with Gasteiger partial charge in [0.05, 0.1) is 7.11 Å². The van der Waals surface area contributed by atoms with E-state index in [0.717, 1.165) is 30.2 Å². The molecule has 1 amide bonds. The number of para-hydroxylation sites is 1. The molecule has 4 rings (SSSR count). The predicted molar refractivity (Wildman–Crippen MR) is 110 cm³/mol. The Morgan fingerprint density at radius 2 is 1.93 bits per heavy atom. The maximum absolute atomic E-state index is 12.3. The van der Waals surface area contributed by atoms with Gasteiger partial charge in [-0.3, -0.25) is 4.79 Å². The van der Waals surface area contributed by atoms with Crippen LogP contribution in [0.25, 0.3) is 5.65 Å². The average molecular weight is 394 g/mol. The highest BCUT2D eigenvalue weighted by Crippen LogP contribution is 2.19. The lowest BCUT2D eigenvalue weighted by Crippen LogP contribution is -2.30. The Morgan fingerprint density at radius 3 is 2.76 bits per heavy atom. The molecule has 8 nitrogen and oxygen atoms in total. The van der Waals surface area contributed by atoms with Gasteiger partial charge in [-0.05, 0) is 37.5 Å². The first-order valence-electron chi connectivity index (χ1n) is 10.1. The molecule has 0 radical (unpaired) electrons. The van der Waals surface area contributed by atoms with Crippen LogP contribution >= 0.6 is 0 Å². The van der Waals surface area contributed by atoms with Gasteiger partial charge < -0.3 is 15.0 Å². The third-order valence-electron chi connectivity index (χ3n) is 5.24. The predicted octanol–water partition coefficient (Wildman–Crippen LogP) is 2.37. The molecule has 1 saturated heterocycles. The van der Waals surface area contributed by atoms with Crippen molar-refractivity contribution in [3.05, 3.63) is 47.8 Å². The molecule has 152 valence electrons. The normalized spacial score (nSPS) is 14.2. The van der Waals surface area contributed by atoms with Crippen molar-refractivity contribution in [2.75, 3.05) is 25.1 Å². The van der Waals surface area contributed by atoms with Crippen molar-refractivity contribution in [2.45, 2.75) is 38.6 Å². The summed E-state index contributed by atoms with van der Waals surface area (Å²) < 4.78 is 7.08. The van der Waals surface area contributed by atoms with E-state index in [1.165, 1.54) is 19.3 Å². The number of nitrogens with one attached hydrogen (secondary N) is 1. The van der Waals surface area contributed by atoms with Crippen molar-refractivity contribution in [2.24, 2.45) is 0 Å². The van der Waals surface area contributed by atoms with E-state index in [-0.39, 0.29) is 5.91 Å². The zero-order valence-electron chi connectivity index (χ0n) is 16.7. The summed E-state index contributed by atoms with van der Waals surface area (Å²) in [6.45, 7) is 2.49. The lowest BCUT2D eigenvalue weighted by Gasteiger charge is -2.27. The maximum Gasteiger partial charge on any atom is 0.220 e. The quantitative estimate of drug-likeness (QED) is 0.662. The van der Waals surface area contributed by atoms with Crippen LogP contribution < -0.4 is 15.0 Å². The summed E-state index contributed by atoms with van der Waals surface area (Å²) in [6, 6.07) is 11.6. The molecule has 1 fully saturated rings. The third kappa shape index (κ3) is 4.47. The Hall–Kier alpha value is -3.16. The minimum Gasteiger partial charge on any atom is -0.496 e. The van der Waals surface area contributed by atoms with E-state index >= 15 is 0 Å². The first-order chi connectivity index (χ1) is 14.2. The number of aromatic nitrogens is 4. The van der Waals surface area contributed by atoms with Crippen LogP contribution in [0.1, 0.15) is 37.1 Å². The molecule has 3 aromatic rings. The van der Waals surface area contributed by atoms with Gasteiger partial charge in [-0.15, -0.1) is 15.3 Å². The summed E-state index contributed by atoms with van der Waals surface area (Å²) in [4.78, 5) is 14.6. The number of carbonyl (C=O) groups excluding carboxylic acids is 1. The molecule has 8 heteroatoms. The zero-order valence-corrected chi connectivity index (χ0v) is 16.7. The average Bonchev–Trinajstić information content (AvgIpc) is 3.19. The fourth-order valence-corrected chi connectivity index (χ4v) is 3.63. The highest BCUT2D eigenvalue weighted by Gasteiger charge is 2.15. The van der Waals surface area contributed by atoms with Gasteiger partial charge in [-0.1, -0.05) is 18.2 Å². The van der Waals surface area contributed by atoms with Crippen molar-refractivity contribution >= 4 is 17.4 Å². The Labute approximate surface area is 169 Å². The summed E-state index contributed by atoms with van der Waals surface area (Å²) in [5, 5.41) is 16.1. The number of ether oxygens (including phenoxy) is 1. The molecular weight excluding hydrogens is 368 g/mol. The van der Waals surface area contributed by atoms with Crippen molar-refractivity contribution in [1.29, 1.82) is 0 Å². The summed E-state index contributed by atoms with van der Waals surface area (Å²) in [5.74, 6) is 2.37. The van der Waals surface area contributed by atoms with Crippen LogP contribution in [-0.4, -0.2) is 45.9 Å². The molecule has 1 N–H and O–H groups in total. The summed E-state index contributed by atoms with van der Waals surface area (Å²) in [6.07, 6.45) is 4.48. The van der Waals surface area contributed by atoms with E-state index in [9.17, 15) is 4.79 Å². The van der Waals surface area contributed by atoms with Crippen LogP contribution in [0.4, 0.5) is 5.82 Å². The zero-order chi connectivity index (χ0) is 20.1. The van der Waals surface area contributed by atoms with Crippen LogP contribution in [0.2, 0.25) is 0 Å². The minimum absolute atomic E-state index is 0.0418. The highest BCUT2D eigenvalue weighted by molar-refractivity contribution is 5.76. The van der Waals surface area contributed by atoms with Crippen molar-refractivity contribution in [1.82, 2.24) is 25.1 Å². The molecule has 1 aliphatic heterocycles. The SMILES string of the molecule is COc1ccccc1CNC(=O)CCc1nnc2ccc(N3CCCCC3)nn12. The number of carbonyl (C=O) groups is 1. The second kappa shape index (κ2) is 8.89. The van der Waals surface area contributed by atoms with E-state index < -0.39 is 0 Å². The second-order valence-corrected chi connectivity index (χ2v) is 7.21. The van der Waals surface area contributed by atoms with Gasteiger partial charge in [0.25, 0.3) is 0 Å². The Kier molecular flexibility index (Phi) is 5.88. The molecule has 2 aromatic heterocycles. The van der Waals surface area contributed by atoms with E-state index in [1.807, 2.05) is 36.4 Å². The third-order valence-corrected chi connectivity index (χ3v) is 5.24. The van der Waals surface area contributed by atoms with Gasteiger partial charge in [-0.25, -0.2) is 0 Å². The van der Waals surface area contributed by atoms with E-state index in [2.05, 4.69) is 20.4 Å². The lowest BCUT2D eigenvalue weighted by molar-refractivity contribution is -0.121. The second-order valence-electron chi connectivity index (χ2n) is 7.21. The molecule has 1 aromatic carbocycles. The number of nitrogens with zero attached hydrogens (tertiary/aromatic N) is 5. The summed E-state index contributed by atoms with van der Waals surface area (Å²) in [5.41, 5.74) is 1.65. The van der Waals surface area contributed by atoms with Gasteiger partial charge in [0.2, 0.25) is 5.91 Å². The Morgan fingerprint density at radius 1 is 1.10 bits per heavy atom. The van der Waals surface area contributed by atoms with Crippen LogP contribution in [0, 0.1) is 0 Å². The number of rotatable bonds is 7. The molecular formula is C21H26N6O2. The van der Waals surface area contributed by atoms with Crippen LogP contribution in [-0.2, 0) is 17.8 Å². The molecule has 0 atom stereocenters. The monoisotopic (exact) mass is 394 g/mol. The first-order valence-corrected chi connectivity index (χ1v) is 10.1. The maximum atomic E-state index is 12.3. The highest BCUT2D eigenvalue weighted by atomic mass is 16.5. The number of benzene rings is 1. The van der Waals surface area contributed by atoms with Crippen molar-refractivity contribution in [3.8, 4) is 5.75 Å². The smallest absolute Gasteiger partial charge is 0.220 e. The number of hydrogen-bond acceptors (Lipinski definition) is 6. The molecule has 0 aliphatic carbocycles. The molecule has 0 saturated carbocycles. The standard InChI is InChI=1S/C21H26N6O2/c1-29-17-8-4-3-7-16(17)15-22-21(28)12-11-19-24-23-18-9-10-20(25-27(18)19)26-13-5-2-6-14-26/h3-4,7-10H,2,5-6,11-15H2,1H3,(H,22,28). The molecule has 29 heavy (non-hydrogen) atoms. The van der Waals surface area contributed by atoms with Gasteiger partial charge in [-0.2, -0.15) is 4.52 Å². The number of amides is 1. The fourth-order valence-electron chi connectivity index (χ4n) is 3.63. The van der Waals surface area contributed by atoms with Gasteiger partial charge >= 0.3 is 0 Å². The van der Waals surface area contributed by atoms with Gasteiger partial charge in [0.15, 0.2) is 11.5 Å². The number of fused-ring (bicyclic) bond motifs is 1. The van der Waals surface area contributed by atoms with Gasteiger partial charge in [0, 0.05) is 38.0 Å². The summed E-state index contributed by atoms with van der Waals surface area (Å²) >= 11 is 0. The number of piperidine rings is 1. The van der Waals surface area contributed by atoms with Crippen LogP contribution in [0.15, 0.2) is 36.4 Å². The number of hydrogen-bond donors (Lipinski definition) is 1. The first kappa shape index (κ1) is 19.2. The minimum atomic E-state index is -0.0418. The molecule has 0 unspecified atom stereocenters. The molecule has 3 heterocycles. The van der Waals surface area contributed by atoms with E-state index in [4.69, 9.17) is 9.84 Å². The lowest BCUT2D eigenvalue weighted by atomic mass is 10.1. The Balaban J connectivity index is 1.38. The van der Waals surface area contributed by atoms with E-state index in [0.29, 0.717) is 30.9 Å². The largest absolute Gasteiger partial charge is 0.496 e. The topological polar surface area (TPSA) is 84.6 Å². The molecule has 0 spiro atoms. The van der Waals surface area contributed by atoms with Crippen LogP contribution in [0.5, 0.6) is 5.75 Å². The Bertz CT molecular complexity index is 980. The van der Waals surface area contributed by atoms with Crippen LogP contribution in [0.3, 0.4) is 0 Å². The van der Waals surface area contributed by atoms with E-state index in [1.54, 1.807) is 11.6 Å². The fraction of sp³-hybridized carbons (Fsp3) is 0.429. The van der Waals surface area contributed by atoms with Gasteiger partial charge in [0.1, 0.15) is 11.6 Å². The van der Waals surface area contributed by atoms with Crippen molar-refractivity contribution < 1.29 is 9.53 Å². The molecule has 0 bridgehead atoms. The number of aryl methyl sites for hydroxylation is 1.